The first kappa shape index (κ1) is 12.4. The van der Waals surface area contributed by atoms with E-state index in [-0.39, 0.29) is 0 Å². The van der Waals surface area contributed by atoms with Crippen LogP contribution < -0.4 is 9.24 Å². The highest BCUT2D eigenvalue weighted by Gasteiger charge is 2.18. The van der Waals surface area contributed by atoms with Gasteiger partial charge < -0.3 is 4.74 Å². The molecule has 0 aliphatic heterocycles. The monoisotopic (exact) mass is 262 g/mol. The fraction of sp³-hybridized carbons (Fsp3) is 0.286. The summed E-state index contributed by atoms with van der Waals surface area (Å²) in [7, 11) is 0.529. The number of thiophene rings is 1. The summed E-state index contributed by atoms with van der Waals surface area (Å²) in [5, 5.41) is 0. The predicted molar refractivity (Wildman–Crippen MR) is 79.3 cm³/mol. The Morgan fingerprint density at radius 2 is 1.59 bits per heavy atom. The van der Waals surface area contributed by atoms with E-state index in [9.17, 15) is 0 Å². The van der Waals surface area contributed by atoms with Crippen LogP contribution in [0.4, 0.5) is 0 Å². The molecule has 1 aromatic carbocycles. The molecule has 0 unspecified atom stereocenters. The minimum atomic E-state index is -1.17. The molecular weight excluding hydrogens is 244 g/mol. The van der Waals surface area contributed by atoms with Crippen molar-refractivity contribution in [3.05, 3.63) is 36.4 Å². The number of ether oxygens (including phenoxy) is 1. The molecule has 0 fully saturated rings. The van der Waals surface area contributed by atoms with Crippen LogP contribution in [0.15, 0.2) is 36.4 Å². The van der Waals surface area contributed by atoms with E-state index in [2.05, 4.69) is 43.9 Å². The quantitative estimate of drug-likeness (QED) is 0.761. The summed E-state index contributed by atoms with van der Waals surface area (Å²) >= 11 is 1.93. The van der Waals surface area contributed by atoms with Crippen molar-refractivity contribution in [1.29, 1.82) is 0 Å². The van der Waals surface area contributed by atoms with Gasteiger partial charge in [0.25, 0.3) is 0 Å². The molecule has 90 valence electrons. The van der Waals surface area contributed by atoms with Gasteiger partial charge in [0, 0.05) is 4.88 Å². The maximum Gasteiger partial charge on any atom is 0.118 e. The van der Waals surface area contributed by atoms with E-state index in [0.717, 1.165) is 5.75 Å². The van der Waals surface area contributed by atoms with Crippen LogP contribution in [0.5, 0.6) is 5.75 Å². The van der Waals surface area contributed by atoms with Crippen molar-refractivity contribution < 1.29 is 4.74 Å². The summed E-state index contributed by atoms with van der Waals surface area (Å²) in [6.07, 6.45) is 0. The Balaban J connectivity index is 2.30. The zero-order valence-corrected chi connectivity index (χ0v) is 12.6. The van der Waals surface area contributed by atoms with Crippen LogP contribution in [0.1, 0.15) is 0 Å². The summed E-state index contributed by atoms with van der Waals surface area (Å²) in [5.74, 6) is 0.913. The predicted octanol–water partition coefficient (Wildman–Crippen LogP) is 3.97. The van der Waals surface area contributed by atoms with Crippen molar-refractivity contribution in [2.75, 3.05) is 7.11 Å². The lowest BCUT2D eigenvalue weighted by Crippen LogP contribution is -2.34. The van der Waals surface area contributed by atoms with E-state index < -0.39 is 8.07 Å². The molecule has 1 nitrogen and oxygen atoms in total. The standard InChI is InChI=1S/C14H18OSSi/c1-15-12-7-5-11(6-8-12)13-9-10-14(16-13)17(2,3)4/h5-10H,1-4H3. The number of hydrogen-bond donors (Lipinski definition) is 0. The van der Waals surface area contributed by atoms with Gasteiger partial charge in [-0.2, -0.15) is 0 Å². The lowest BCUT2D eigenvalue weighted by molar-refractivity contribution is 0.415. The zero-order chi connectivity index (χ0) is 12.5. The van der Waals surface area contributed by atoms with E-state index in [1.165, 1.54) is 10.4 Å². The van der Waals surface area contributed by atoms with Gasteiger partial charge in [0.1, 0.15) is 5.75 Å². The molecular formula is C14H18OSSi. The van der Waals surface area contributed by atoms with Crippen LogP contribution >= 0.6 is 11.3 Å². The highest BCUT2D eigenvalue weighted by molar-refractivity contribution is 7.28. The zero-order valence-electron chi connectivity index (χ0n) is 10.8. The molecule has 0 aliphatic rings. The molecule has 1 aromatic heterocycles. The summed E-state index contributed by atoms with van der Waals surface area (Å²) in [4.78, 5) is 1.35. The average Bonchev–Trinajstić information content (AvgIpc) is 2.78. The van der Waals surface area contributed by atoms with Gasteiger partial charge in [-0.3, -0.25) is 0 Å². The number of methoxy groups -OCH3 is 1. The first-order valence-corrected chi connectivity index (χ1v) is 10.1. The van der Waals surface area contributed by atoms with E-state index >= 15 is 0 Å². The van der Waals surface area contributed by atoms with Gasteiger partial charge >= 0.3 is 0 Å². The normalized spacial score (nSPS) is 11.5. The van der Waals surface area contributed by atoms with Gasteiger partial charge in [0.05, 0.1) is 15.2 Å². The molecule has 1 heterocycles. The molecule has 2 rings (SSSR count). The van der Waals surface area contributed by atoms with Crippen molar-refractivity contribution in [1.82, 2.24) is 0 Å². The highest BCUT2D eigenvalue weighted by Crippen LogP contribution is 2.26. The Morgan fingerprint density at radius 1 is 0.941 bits per heavy atom. The van der Waals surface area contributed by atoms with Crippen LogP contribution in [0.25, 0.3) is 10.4 Å². The second-order valence-corrected chi connectivity index (χ2v) is 11.6. The van der Waals surface area contributed by atoms with E-state index in [0.29, 0.717) is 0 Å². The first-order valence-electron chi connectivity index (χ1n) is 5.75. The van der Waals surface area contributed by atoms with Crippen molar-refractivity contribution in [2.24, 2.45) is 0 Å². The Bertz CT molecular complexity index is 494. The van der Waals surface area contributed by atoms with Crippen molar-refractivity contribution in [3.63, 3.8) is 0 Å². The smallest absolute Gasteiger partial charge is 0.118 e. The van der Waals surface area contributed by atoms with Crippen molar-refractivity contribution in [2.45, 2.75) is 19.6 Å². The van der Waals surface area contributed by atoms with Gasteiger partial charge in [-0.25, -0.2) is 0 Å². The molecule has 17 heavy (non-hydrogen) atoms. The Hall–Kier alpha value is -1.06. The largest absolute Gasteiger partial charge is 0.497 e. The van der Waals surface area contributed by atoms with Crippen LogP contribution in [0, 0.1) is 0 Å². The fourth-order valence-corrected chi connectivity index (χ4v) is 4.55. The van der Waals surface area contributed by atoms with Gasteiger partial charge in [0.2, 0.25) is 0 Å². The molecule has 0 bridgehead atoms. The molecule has 0 atom stereocenters. The maximum atomic E-state index is 5.17. The highest BCUT2D eigenvalue weighted by atomic mass is 32.1. The molecule has 0 saturated heterocycles. The second kappa shape index (κ2) is 4.67. The molecule has 0 amide bonds. The van der Waals surface area contributed by atoms with Crippen LogP contribution in [0.3, 0.4) is 0 Å². The number of benzene rings is 1. The topological polar surface area (TPSA) is 9.23 Å². The maximum absolute atomic E-state index is 5.17. The second-order valence-electron chi connectivity index (χ2n) is 5.14. The van der Waals surface area contributed by atoms with E-state index in [4.69, 9.17) is 4.74 Å². The SMILES string of the molecule is COc1ccc(-c2ccc([Si](C)(C)C)s2)cc1. The molecule has 0 spiro atoms. The van der Waals surface area contributed by atoms with Gasteiger partial charge in [0.15, 0.2) is 0 Å². The molecule has 3 heteroatoms. The van der Waals surface area contributed by atoms with Gasteiger partial charge in [-0.15, -0.1) is 11.3 Å². The molecule has 0 aliphatic carbocycles. The lowest BCUT2D eigenvalue weighted by Gasteiger charge is -2.12. The minimum absolute atomic E-state index is 0.913. The van der Waals surface area contributed by atoms with Crippen LogP contribution in [0.2, 0.25) is 19.6 Å². The molecule has 0 N–H and O–H groups in total. The Morgan fingerprint density at radius 3 is 2.06 bits per heavy atom. The van der Waals surface area contributed by atoms with E-state index in [1.54, 1.807) is 11.6 Å². The fourth-order valence-electron chi connectivity index (χ4n) is 1.65. The third-order valence-corrected chi connectivity index (χ3v) is 7.46. The number of hydrogen-bond acceptors (Lipinski definition) is 2. The van der Waals surface area contributed by atoms with E-state index in [1.807, 2.05) is 23.5 Å². The Labute approximate surface area is 108 Å². The summed E-state index contributed by atoms with van der Waals surface area (Å²) < 4.78 is 6.73. The molecule has 0 radical (unpaired) electrons. The molecule has 0 saturated carbocycles. The van der Waals surface area contributed by atoms with Crippen molar-refractivity contribution >= 4 is 23.9 Å². The molecule has 2 aromatic rings. The van der Waals surface area contributed by atoms with Gasteiger partial charge in [-0.1, -0.05) is 25.7 Å². The summed E-state index contributed by atoms with van der Waals surface area (Å²) in [6.45, 7) is 7.16. The minimum Gasteiger partial charge on any atom is -0.497 e. The van der Waals surface area contributed by atoms with Crippen molar-refractivity contribution in [3.8, 4) is 16.2 Å². The lowest BCUT2D eigenvalue weighted by atomic mass is 10.2. The Kier molecular flexibility index (Phi) is 3.40. The van der Waals surface area contributed by atoms with Gasteiger partial charge in [-0.05, 0) is 40.4 Å². The summed E-state index contributed by atoms with van der Waals surface area (Å²) in [5.41, 5.74) is 1.28. The average molecular weight is 262 g/mol. The summed E-state index contributed by atoms with van der Waals surface area (Å²) in [6, 6.07) is 12.8. The first-order chi connectivity index (χ1) is 8.00. The third-order valence-electron chi connectivity index (χ3n) is 2.72. The number of rotatable bonds is 3. The van der Waals surface area contributed by atoms with Crippen LogP contribution in [-0.4, -0.2) is 15.2 Å². The third kappa shape index (κ3) is 2.79. The van der Waals surface area contributed by atoms with Crippen LogP contribution in [-0.2, 0) is 0 Å².